The lowest BCUT2D eigenvalue weighted by molar-refractivity contribution is 0.162. The molecular weight excluding hydrogens is 306 g/mol. The number of hydrogen-bond donors (Lipinski definition) is 1. The van der Waals surface area contributed by atoms with E-state index in [-0.39, 0.29) is 6.10 Å². The molecule has 0 aliphatic heterocycles. The average molecular weight is 324 g/mol. The van der Waals surface area contributed by atoms with Crippen molar-refractivity contribution >= 4 is 15.9 Å². The van der Waals surface area contributed by atoms with Crippen molar-refractivity contribution in [1.29, 1.82) is 0 Å². The van der Waals surface area contributed by atoms with E-state index in [4.69, 9.17) is 0 Å². The third kappa shape index (κ3) is 3.64. The van der Waals surface area contributed by atoms with E-state index in [1.807, 2.05) is 30.8 Å². The Bertz CT molecular complexity index is 539. The fourth-order valence-electron chi connectivity index (χ4n) is 2.11. The molecule has 0 bridgehead atoms. The van der Waals surface area contributed by atoms with Gasteiger partial charge in [-0.05, 0) is 53.4 Å². The number of aliphatic hydroxyl groups is 1. The van der Waals surface area contributed by atoms with Gasteiger partial charge in [-0.2, -0.15) is 5.10 Å². The molecule has 4 nitrogen and oxygen atoms in total. The molecule has 2 aromatic heterocycles. The van der Waals surface area contributed by atoms with Gasteiger partial charge in [0.25, 0.3) is 0 Å². The van der Waals surface area contributed by atoms with E-state index in [1.54, 1.807) is 12.4 Å². The Morgan fingerprint density at radius 3 is 2.63 bits per heavy atom. The Balaban J connectivity index is 1.92. The fraction of sp³-hybridized carbons (Fsp3) is 0.429. The first-order valence-corrected chi connectivity index (χ1v) is 7.12. The van der Waals surface area contributed by atoms with Crippen LogP contribution < -0.4 is 0 Å². The van der Waals surface area contributed by atoms with Gasteiger partial charge in [-0.1, -0.05) is 0 Å². The second kappa shape index (κ2) is 6.30. The maximum absolute atomic E-state index is 10.1. The quantitative estimate of drug-likeness (QED) is 0.919. The number of aromatic nitrogens is 3. The molecule has 2 aromatic rings. The van der Waals surface area contributed by atoms with Gasteiger partial charge in [-0.15, -0.1) is 0 Å². The summed E-state index contributed by atoms with van der Waals surface area (Å²) in [6.45, 7) is 1.96. The molecule has 0 aromatic carbocycles. The van der Waals surface area contributed by atoms with E-state index in [1.165, 1.54) is 5.56 Å². The summed E-state index contributed by atoms with van der Waals surface area (Å²) in [5, 5.41) is 14.5. The highest BCUT2D eigenvalue weighted by molar-refractivity contribution is 9.10. The van der Waals surface area contributed by atoms with Gasteiger partial charge in [0, 0.05) is 25.9 Å². The second-order valence-electron chi connectivity index (χ2n) is 4.72. The van der Waals surface area contributed by atoms with Crippen LogP contribution in [-0.4, -0.2) is 26.0 Å². The molecule has 0 spiro atoms. The van der Waals surface area contributed by atoms with E-state index < -0.39 is 0 Å². The summed E-state index contributed by atoms with van der Waals surface area (Å²) >= 11 is 3.52. The summed E-state index contributed by atoms with van der Waals surface area (Å²) < 4.78 is 2.83. The third-order valence-corrected chi connectivity index (χ3v) is 4.24. The molecule has 0 saturated heterocycles. The lowest BCUT2D eigenvalue weighted by Gasteiger charge is -2.11. The van der Waals surface area contributed by atoms with Crippen molar-refractivity contribution in [3.63, 3.8) is 0 Å². The van der Waals surface area contributed by atoms with E-state index >= 15 is 0 Å². The lowest BCUT2D eigenvalue weighted by atomic mass is 10.0. The molecule has 0 amide bonds. The van der Waals surface area contributed by atoms with Crippen molar-refractivity contribution in [3.05, 3.63) is 46.0 Å². The predicted octanol–water partition coefficient (Wildman–Crippen LogP) is 2.42. The van der Waals surface area contributed by atoms with Crippen LogP contribution in [0.2, 0.25) is 0 Å². The fourth-order valence-corrected chi connectivity index (χ4v) is 2.61. The number of aliphatic hydroxyl groups excluding tert-OH is 1. The van der Waals surface area contributed by atoms with Gasteiger partial charge in [0.15, 0.2) is 0 Å². The van der Waals surface area contributed by atoms with Crippen molar-refractivity contribution in [3.8, 4) is 0 Å². The van der Waals surface area contributed by atoms with E-state index in [2.05, 4.69) is 26.0 Å². The normalized spacial score (nSPS) is 12.6. The van der Waals surface area contributed by atoms with Gasteiger partial charge in [0.05, 0.1) is 22.0 Å². The number of aryl methyl sites for hydroxylation is 3. The average Bonchev–Trinajstić information content (AvgIpc) is 2.64. The van der Waals surface area contributed by atoms with E-state index in [0.717, 1.165) is 28.7 Å². The minimum atomic E-state index is -0.362. The van der Waals surface area contributed by atoms with Crippen LogP contribution in [0.25, 0.3) is 0 Å². The highest BCUT2D eigenvalue weighted by Gasteiger charge is 2.14. The molecule has 102 valence electrons. The molecule has 1 unspecified atom stereocenters. The number of nitrogens with zero attached hydrogens (tertiary/aromatic N) is 3. The summed E-state index contributed by atoms with van der Waals surface area (Å²) in [5.74, 6) is 0. The Kier molecular flexibility index (Phi) is 4.71. The zero-order valence-corrected chi connectivity index (χ0v) is 12.8. The maximum atomic E-state index is 10.1. The number of hydrogen-bond acceptors (Lipinski definition) is 3. The summed E-state index contributed by atoms with van der Waals surface area (Å²) in [6, 6.07) is 3.97. The monoisotopic (exact) mass is 323 g/mol. The van der Waals surface area contributed by atoms with Gasteiger partial charge in [0.1, 0.15) is 0 Å². The highest BCUT2D eigenvalue weighted by atomic mass is 79.9. The second-order valence-corrected chi connectivity index (χ2v) is 5.51. The van der Waals surface area contributed by atoms with Crippen LogP contribution in [0.3, 0.4) is 0 Å². The summed E-state index contributed by atoms with van der Waals surface area (Å²) in [5.41, 5.74) is 3.20. The first-order valence-electron chi connectivity index (χ1n) is 6.33. The number of rotatable bonds is 5. The van der Waals surface area contributed by atoms with Crippen molar-refractivity contribution in [2.45, 2.75) is 32.3 Å². The smallest absolute Gasteiger partial charge is 0.0738 e. The van der Waals surface area contributed by atoms with Gasteiger partial charge in [-0.25, -0.2) is 0 Å². The largest absolute Gasteiger partial charge is 0.393 e. The van der Waals surface area contributed by atoms with Crippen LogP contribution in [-0.2, 0) is 19.9 Å². The van der Waals surface area contributed by atoms with Crippen LogP contribution in [0.5, 0.6) is 0 Å². The molecule has 0 saturated carbocycles. The van der Waals surface area contributed by atoms with Crippen molar-refractivity contribution in [2.75, 3.05) is 0 Å². The number of halogens is 1. The minimum Gasteiger partial charge on any atom is -0.393 e. The van der Waals surface area contributed by atoms with Crippen LogP contribution in [0, 0.1) is 6.92 Å². The molecule has 0 radical (unpaired) electrons. The Morgan fingerprint density at radius 1 is 1.37 bits per heavy atom. The Hall–Kier alpha value is -1.20. The first-order chi connectivity index (χ1) is 9.08. The zero-order valence-electron chi connectivity index (χ0n) is 11.2. The van der Waals surface area contributed by atoms with E-state index in [9.17, 15) is 5.11 Å². The minimum absolute atomic E-state index is 0.362. The van der Waals surface area contributed by atoms with Crippen molar-refractivity contribution < 1.29 is 5.11 Å². The molecule has 1 N–H and O–H groups in total. The standard InChI is InChI=1S/C14H18BrN3O/c1-10-14(15)13(18(2)17-10)9-12(19)4-3-11-5-7-16-8-6-11/h5-8,12,19H,3-4,9H2,1-2H3. The van der Waals surface area contributed by atoms with Crippen molar-refractivity contribution in [2.24, 2.45) is 7.05 Å². The molecule has 5 heteroatoms. The maximum Gasteiger partial charge on any atom is 0.0738 e. The first kappa shape index (κ1) is 14.2. The summed E-state index contributed by atoms with van der Waals surface area (Å²) in [7, 11) is 1.91. The lowest BCUT2D eigenvalue weighted by Crippen LogP contribution is -2.14. The summed E-state index contributed by atoms with van der Waals surface area (Å²) in [4.78, 5) is 3.99. The SMILES string of the molecule is Cc1nn(C)c(CC(O)CCc2ccncc2)c1Br. The molecule has 19 heavy (non-hydrogen) atoms. The van der Waals surface area contributed by atoms with Crippen LogP contribution >= 0.6 is 15.9 Å². The molecule has 0 aliphatic carbocycles. The molecule has 2 rings (SSSR count). The highest BCUT2D eigenvalue weighted by Crippen LogP contribution is 2.22. The summed E-state index contributed by atoms with van der Waals surface area (Å²) in [6.07, 6.45) is 5.41. The molecule has 0 aliphatic rings. The predicted molar refractivity (Wildman–Crippen MR) is 77.9 cm³/mol. The molecule has 0 fully saturated rings. The molecule has 2 heterocycles. The Morgan fingerprint density at radius 2 is 2.05 bits per heavy atom. The van der Waals surface area contributed by atoms with Gasteiger partial charge in [0.2, 0.25) is 0 Å². The van der Waals surface area contributed by atoms with Crippen molar-refractivity contribution in [1.82, 2.24) is 14.8 Å². The number of pyridine rings is 1. The van der Waals surface area contributed by atoms with Crippen LogP contribution in [0.4, 0.5) is 0 Å². The van der Waals surface area contributed by atoms with Crippen LogP contribution in [0.15, 0.2) is 29.0 Å². The molecule has 1 atom stereocenters. The topological polar surface area (TPSA) is 50.9 Å². The van der Waals surface area contributed by atoms with E-state index in [0.29, 0.717) is 6.42 Å². The van der Waals surface area contributed by atoms with Crippen LogP contribution in [0.1, 0.15) is 23.4 Å². The van der Waals surface area contributed by atoms with Gasteiger partial charge >= 0.3 is 0 Å². The molecular formula is C14H18BrN3O. The third-order valence-electron chi connectivity index (χ3n) is 3.21. The van der Waals surface area contributed by atoms with Gasteiger partial charge in [-0.3, -0.25) is 9.67 Å². The zero-order chi connectivity index (χ0) is 13.8. The Labute approximate surface area is 121 Å². The van der Waals surface area contributed by atoms with Gasteiger partial charge < -0.3 is 5.11 Å².